The molecule has 1 N–H and O–H groups in total. The van der Waals surface area contributed by atoms with E-state index in [1.807, 2.05) is 11.7 Å². The van der Waals surface area contributed by atoms with Gasteiger partial charge in [0.15, 0.2) is 0 Å². The molecule has 0 radical (unpaired) electrons. The van der Waals surface area contributed by atoms with Crippen LogP contribution in [0, 0.1) is 11.3 Å². The van der Waals surface area contributed by atoms with Crippen LogP contribution < -0.4 is 5.32 Å². The van der Waals surface area contributed by atoms with Crippen LogP contribution in [0.15, 0.2) is 6.33 Å². The summed E-state index contributed by atoms with van der Waals surface area (Å²) in [7, 11) is 2.04. The SMILES string of the molecule is CCn1ncnc1CC1(CNC)CCOC1C1CC1. The van der Waals surface area contributed by atoms with Crippen molar-refractivity contribution < 1.29 is 4.74 Å². The molecule has 5 nitrogen and oxygen atoms in total. The molecule has 0 amide bonds. The third-order valence-corrected chi connectivity index (χ3v) is 4.59. The highest BCUT2D eigenvalue weighted by molar-refractivity contribution is 5.05. The number of nitrogens with zero attached hydrogens (tertiary/aromatic N) is 3. The summed E-state index contributed by atoms with van der Waals surface area (Å²) in [4.78, 5) is 4.46. The summed E-state index contributed by atoms with van der Waals surface area (Å²) in [6.07, 6.45) is 6.84. The molecule has 0 bridgehead atoms. The molecule has 2 atom stereocenters. The monoisotopic (exact) mass is 264 g/mol. The van der Waals surface area contributed by atoms with Gasteiger partial charge in [-0.15, -0.1) is 0 Å². The van der Waals surface area contributed by atoms with Gasteiger partial charge >= 0.3 is 0 Å². The molecule has 19 heavy (non-hydrogen) atoms. The quantitative estimate of drug-likeness (QED) is 0.840. The van der Waals surface area contributed by atoms with Crippen molar-refractivity contribution in [3.8, 4) is 0 Å². The molecule has 2 fully saturated rings. The van der Waals surface area contributed by atoms with E-state index in [0.29, 0.717) is 6.10 Å². The molecule has 2 heterocycles. The average molecular weight is 264 g/mol. The summed E-state index contributed by atoms with van der Waals surface area (Å²) < 4.78 is 8.08. The molecule has 1 aliphatic carbocycles. The zero-order valence-electron chi connectivity index (χ0n) is 11.9. The molecule has 106 valence electrons. The Labute approximate surface area is 114 Å². The Morgan fingerprint density at radius 3 is 3.05 bits per heavy atom. The van der Waals surface area contributed by atoms with Crippen molar-refractivity contribution in [2.45, 2.75) is 45.3 Å². The van der Waals surface area contributed by atoms with Crippen molar-refractivity contribution in [1.82, 2.24) is 20.1 Å². The van der Waals surface area contributed by atoms with Gasteiger partial charge in [-0.2, -0.15) is 5.10 Å². The molecular weight excluding hydrogens is 240 g/mol. The summed E-state index contributed by atoms with van der Waals surface area (Å²) in [5, 5.41) is 7.67. The third kappa shape index (κ3) is 2.41. The second-order valence-corrected chi connectivity index (χ2v) is 5.94. The lowest BCUT2D eigenvalue weighted by Gasteiger charge is -2.34. The van der Waals surface area contributed by atoms with Gasteiger partial charge in [0.2, 0.25) is 0 Å². The Bertz CT molecular complexity index is 429. The average Bonchev–Trinajstić information content (AvgIpc) is 3.02. The van der Waals surface area contributed by atoms with Crippen LogP contribution in [-0.2, 0) is 17.7 Å². The molecule has 1 saturated carbocycles. The van der Waals surface area contributed by atoms with Crippen molar-refractivity contribution in [2.24, 2.45) is 11.3 Å². The number of rotatable bonds is 6. The summed E-state index contributed by atoms with van der Waals surface area (Å²) in [6.45, 7) is 4.90. The van der Waals surface area contributed by atoms with E-state index < -0.39 is 0 Å². The molecule has 1 aromatic heterocycles. The minimum Gasteiger partial charge on any atom is -0.377 e. The zero-order valence-corrected chi connectivity index (χ0v) is 11.9. The second-order valence-electron chi connectivity index (χ2n) is 5.94. The minimum absolute atomic E-state index is 0.204. The summed E-state index contributed by atoms with van der Waals surface area (Å²) in [6, 6.07) is 0. The van der Waals surface area contributed by atoms with E-state index in [4.69, 9.17) is 4.74 Å². The van der Waals surface area contributed by atoms with E-state index in [1.165, 1.54) is 12.8 Å². The van der Waals surface area contributed by atoms with Crippen LogP contribution >= 0.6 is 0 Å². The van der Waals surface area contributed by atoms with Crippen molar-refractivity contribution in [1.29, 1.82) is 0 Å². The van der Waals surface area contributed by atoms with Gasteiger partial charge in [0.1, 0.15) is 12.2 Å². The standard InChI is InChI=1S/C14H24N4O/c1-3-18-12(16-10-17-18)8-14(9-15-2)6-7-19-13(14)11-4-5-11/h10-11,13,15H,3-9H2,1-2H3. The Morgan fingerprint density at radius 1 is 1.53 bits per heavy atom. The van der Waals surface area contributed by atoms with Crippen LogP contribution in [-0.4, -0.2) is 41.1 Å². The van der Waals surface area contributed by atoms with Gasteiger partial charge in [-0.1, -0.05) is 0 Å². The maximum atomic E-state index is 6.07. The molecule has 2 unspecified atom stereocenters. The predicted molar refractivity (Wildman–Crippen MR) is 72.8 cm³/mol. The first-order chi connectivity index (χ1) is 9.29. The third-order valence-electron chi connectivity index (χ3n) is 4.59. The van der Waals surface area contributed by atoms with Gasteiger partial charge < -0.3 is 10.1 Å². The highest BCUT2D eigenvalue weighted by Gasteiger charge is 2.51. The maximum Gasteiger partial charge on any atom is 0.138 e. The maximum absolute atomic E-state index is 6.07. The minimum atomic E-state index is 0.204. The van der Waals surface area contributed by atoms with Crippen LogP contribution in [0.5, 0.6) is 0 Å². The fraction of sp³-hybridized carbons (Fsp3) is 0.857. The largest absolute Gasteiger partial charge is 0.377 e. The lowest BCUT2D eigenvalue weighted by Crippen LogP contribution is -2.43. The topological polar surface area (TPSA) is 52.0 Å². The molecule has 0 spiro atoms. The van der Waals surface area contributed by atoms with Crippen molar-refractivity contribution >= 4 is 0 Å². The Balaban J connectivity index is 1.83. The van der Waals surface area contributed by atoms with E-state index in [2.05, 4.69) is 22.3 Å². The first-order valence-corrected chi connectivity index (χ1v) is 7.42. The van der Waals surface area contributed by atoms with E-state index >= 15 is 0 Å². The van der Waals surface area contributed by atoms with Gasteiger partial charge in [0.25, 0.3) is 0 Å². The van der Waals surface area contributed by atoms with Crippen molar-refractivity contribution in [3.63, 3.8) is 0 Å². The van der Waals surface area contributed by atoms with Gasteiger partial charge in [0, 0.05) is 31.5 Å². The lowest BCUT2D eigenvalue weighted by atomic mass is 9.75. The molecule has 3 rings (SSSR count). The summed E-state index contributed by atoms with van der Waals surface area (Å²) >= 11 is 0. The fourth-order valence-corrected chi connectivity index (χ4v) is 3.54. The van der Waals surface area contributed by atoms with E-state index in [1.54, 1.807) is 6.33 Å². The lowest BCUT2D eigenvalue weighted by molar-refractivity contribution is 0.0301. The summed E-state index contributed by atoms with van der Waals surface area (Å²) in [5.41, 5.74) is 0.204. The molecular formula is C14H24N4O. The normalized spacial score (nSPS) is 30.9. The van der Waals surface area contributed by atoms with E-state index in [0.717, 1.165) is 44.3 Å². The Morgan fingerprint density at radius 2 is 2.37 bits per heavy atom. The Hall–Kier alpha value is -0.940. The van der Waals surface area contributed by atoms with Gasteiger partial charge in [-0.25, -0.2) is 4.98 Å². The van der Waals surface area contributed by atoms with E-state index in [9.17, 15) is 0 Å². The first-order valence-electron chi connectivity index (χ1n) is 7.42. The van der Waals surface area contributed by atoms with E-state index in [-0.39, 0.29) is 5.41 Å². The van der Waals surface area contributed by atoms with Gasteiger partial charge in [-0.05, 0) is 39.2 Å². The van der Waals surface area contributed by atoms with Crippen LogP contribution in [0.4, 0.5) is 0 Å². The smallest absolute Gasteiger partial charge is 0.138 e. The summed E-state index contributed by atoms with van der Waals surface area (Å²) in [5.74, 6) is 1.88. The highest BCUT2D eigenvalue weighted by Crippen LogP contribution is 2.49. The van der Waals surface area contributed by atoms with Crippen LogP contribution in [0.2, 0.25) is 0 Å². The number of aromatic nitrogens is 3. The fourth-order valence-electron chi connectivity index (χ4n) is 3.54. The van der Waals surface area contributed by atoms with Crippen molar-refractivity contribution in [2.75, 3.05) is 20.2 Å². The van der Waals surface area contributed by atoms with Crippen molar-refractivity contribution in [3.05, 3.63) is 12.2 Å². The van der Waals surface area contributed by atoms with Crippen LogP contribution in [0.3, 0.4) is 0 Å². The first kappa shape index (κ1) is 13.1. The number of hydrogen-bond donors (Lipinski definition) is 1. The Kier molecular flexibility index (Phi) is 3.58. The van der Waals surface area contributed by atoms with Crippen LogP contribution in [0.25, 0.3) is 0 Å². The molecule has 5 heteroatoms. The number of hydrogen-bond acceptors (Lipinski definition) is 4. The van der Waals surface area contributed by atoms with Gasteiger partial charge in [0.05, 0.1) is 6.10 Å². The molecule has 0 aromatic carbocycles. The molecule has 2 aliphatic rings. The van der Waals surface area contributed by atoms with Gasteiger partial charge in [-0.3, -0.25) is 4.68 Å². The molecule has 1 aromatic rings. The predicted octanol–water partition coefficient (Wildman–Crippen LogP) is 1.25. The highest BCUT2D eigenvalue weighted by atomic mass is 16.5. The number of nitrogens with one attached hydrogen (secondary N) is 1. The molecule has 1 aliphatic heterocycles. The molecule has 1 saturated heterocycles. The number of aryl methyl sites for hydroxylation is 1. The number of ether oxygens (including phenoxy) is 1. The van der Waals surface area contributed by atoms with Crippen LogP contribution in [0.1, 0.15) is 32.0 Å². The second kappa shape index (κ2) is 5.21. The zero-order chi connectivity index (χ0) is 13.3.